The first-order valence-electron chi connectivity index (χ1n) is 12.7. The molecule has 0 aromatic heterocycles. The van der Waals surface area contributed by atoms with Gasteiger partial charge in [-0.2, -0.15) is 0 Å². The highest BCUT2D eigenvalue weighted by Gasteiger charge is 2.53. The van der Waals surface area contributed by atoms with Crippen molar-refractivity contribution in [1.82, 2.24) is 4.90 Å². The summed E-state index contributed by atoms with van der Waals surface area (Å²) >= 11 is 0. The van der Waals surface area contributed by atoms with Crippen LogP contribution in [0.2, 0.25) is 0 Å². The second kappa shape index (κ2) is 12.1. The van der Waals surface area contributed by atoms with Gasteiger partial charge in [0, 0.05) is 30.5 Å². The van der Waals surface area contributed by atoms with Gasteiger partial charge in [-0.15, -0.1) is 0 Å². The molecule has 0 bridgehead atoms. The molecule has 1 aromatic carbocycles. The molecule has 1 saturated carbocycles. The standard InChI is InChI=1S/C28H39NO4/c1-4-5-6-7-8-9-15-26(30)33-28(19-16-23-13-10-12-22(2)21-23)18-11-14-25-24(28)17-20-29(25)27(31)32-3/h10,12-13,21,24-25H,4-9,11,14-15,17-18,20H2,1-3H3/t24-,25-,28-/m1/s1. The van der Waals surface area contributed by atoms with Crippen LogP contribution >= 0.6 is 0 Å². The van der Waals surface area contributed by atoms with Crippen molar-refractivity contribution in [2.75, 3.05) is 13.7 Å². The van der Waals surface area contributed by atoms with Crippen molar-refractivity contribution in [3.8, 4) is 11.8 Å². The number of ether oxygens (including phenoxy) is 2. The Labute approximate surface area is 199 Å². The van der Waals surface area contributed by atoms with Gasteiger partial charge in [-0.25, -0.2) is 4.79 Å². The average Bonchev–Trinajstić information content (AvgIpc) is 3.25. The molecular weight excluding hydrogens is 414 g/mol. The molecular formula is C28H39NO4. The molecule has 0 N–H and O–H groups in total. The molecule has 1 heterocycles. The van der Waals surface area contributed by atoms with E-state index in [1.165, 1.54) is 26.4 Å². The molecule has 2 aliphatic rings. The van der Waals surface area contributed by atoms with E-state index in [4.69, 9.17) is 9.47 Å². The fourth-order valence-corrected chi connectivity index (χ4v) is 5.37. The van der Waals surface area contributed by atoms with Crippen LogP contribution in [0.4, 0.5) is 4.79 Å². The van der Waals surface area contributed by atoms with Crippen LogP contribution in [0, 0.1) is 24.7 Å². The number of rotatable bonds is 8. The van der Waals surface area contributed by atoms with Gasteiger partial charge >= 0.3 is 12.1 Å². The molecule has 0 radical (unpaired) electrons. The highest BCUT2D eigenvalue weighted by Crippen LogP contribution is 2.45. The van der Waals surface area contributed by atoms with Crippen molar-refractivity contribution in [3.63, 3.8) is 0 Å². The number of esters is 1. The first-order valence-corrected chi connectivity index (χ1v) is 12.7. The van der Waals surface area contributed by atoms with Crippen molar-refractivity contribution in [1.29, 1.82) is 0 Å². The number of methoxy groups -OCH3 is 1. The summed E-state index contributed by atoms with van der Waals surface area (Å²) in [4.78, 5) is 27.1. The number of fused-ring (bicyclic) bond motifs is 1. The number of hydrogen-bond donors (Lipinski definition) is 0. The van der Waals surface area contributed by atoms with Crippen LogP contribution in [-0.2, 0) is 14.3 Å². The van der Waals surface area contributed by atoms with E-state index in [9.17, 15) is 9.59 Å². The van der Waals surface area contributed by atoms with Crippen LogP contribution in [0.3, 0.4) is 0 Å². The summed E-state index contributed by atoms with van der Waals surface area (Å²) in [5, 5.41) is 0. The molecule has 1 saturated heterocycles. The minimum atomic E-state index is -0.852. The van der Waals surface area contributed by atoms with Crippen LogP contribution in [0.25, 0.3) is 0 Å². The zero-order valence-corrected chi connectivity index (χ0v) is 20.5. The van der Waals surface area contributed by atoms with Crippen molar-refractivity contribution in [2.24, 2.45) is 5.92 Å². The molecule has 1 aromatic rings. The van der Waals surface area contributed by atoms with Gasteiger partial charge in [0.05, 0.1) is 7.11 Å². The summed E-state index contributed by atoms with van der Waals surface area (Å²) < 4.78 is 11.3. The topological polar surface area (TPSA) is 55.8 Å². The molecule has 0 spiro atoms. The Morgan fingerprint density at radius 2 is 1.94 bits per heavy atom. The van der Waals surface area contributed by atoms with E-state index in [-0.39, 0.29) is 24.0 Å². The Hall–Kier alpha value is -2.48. The average molecular weight is 454 g/mol. The number of carbonyl (C=O) groups excluding carboxylic acids is 2. The zero-order valence-electron chi connectivity index (χ0n) is 20.5. The Morgan fingerprint density at radius 3 is 2.70 bits per heavy atom. The number of carbonyl (C=O) groups is 2. The summed E-state index contributed by atoms with van der Waals surface area (Å²) in [6.45, 7) is 4.87. The second-order valence-corrected chi connectivity index (χ2v) is 9.52. The molecule has 5 nitrogen and oxygen atoms in total. The third kappa shape index (κ3) is 6.53. The Balaban J connectivity index is 1.77. The van der Waals surface area contributed by atoms with Gasteiger partial charge in [0.1, 0.15) is 0 Å². The lowest BCUT2D eigenvalue weighted by molar-refractivity contribution is -0.162. The highest BCUT2D eigenvalue weighted by atomic mass is 16.6. The molecule has 3 rings (SSSR count). The number of unbranched alkanes of at least 4 members (excludes halogenated alkanes) is 5. The number of aryl methyl sites for hydroxylation is 1. The molecule has 0 unspecified atom stereocenters. The molecule has 1 aliphatic carbocycles. The summed E-state index contributed by atoms with van der Waals surface area (Å²) in [5.74, 6) is 6.55. The third-order valence-corrected chi connectivity index (χ3v) is 7.07. The number of hydrogen-bond acceptors (Lipinski definition) is 4. The van der Waals surface area contributed by atoms with E-state index in [0.29, 0.717) is 19.4 Å². The second-order valence-electron chi connectivity index (χ2n) is 9.52. The van der Waals surface area contributed by atoms with Crippen molar-refractivity contribution in [3.05, 3.63) is 35.4 Å². The van der Waals surface area contributed by atoms with Gasteiger partial charge < -0.3 is 14.4 Å². The molecule has 2 fully saturated rings. The molecule has 180 valence electrons. The van der Waals surface area contributed by atoms with E-state index < -0.39 is 5.60 Å². The summed E-state index contributed by atoms with van der Waals surface area (Å²) in [6.07, 6.45) is 10.1. The van der Waals surface area contributed by atoms with Crippen LogP contribution in [0.15, 0.2) is 24.3 Å². The van der Waals surface area contributed by atoms with Gasteiger partial charge in [0.15, 0.2) is 5.60 Å². The predicted molar refractivity (Wildman–Crippen MR) is 130 cm³/mol. The lowest BCUT2D eigenvalue weighted by Gasteiger charge is -2.42. The lowest BCUT2D eigenvalue weighted by atomic mass is 9.72. The molecule has 5 heteroatoms. The van der Waals surface area contributed by atoms with Crippen LogP contribution in [0.5, 0.6) is 0 Å². The van der Waals surface area contributed by atoms with Crippen LogP contribution in [-0.4, -0.2) is 42.3 Å². The monoisotopic (exact) mass is 453 g/mol. The number of amides is 1. The largest absolute Gasteiger partial charge is 0.453 e. The maximum absolute atomic E-state index is 12.9. The molecule has 1 amide bonds. The molecule has 33 heavy (non-hydrogen) atoms. The Morgan fingerprint density at radius 1 is 1.15 bits per heavy atom. The third-order valence-electron chi connectivity index (χ3n) is 7.07. The smallest absolute Gasteiger partial charge is 0.409 e. The minimum Gasteiger partial charge on any atom is -0.453 e. The van der Waals surface area contributed by atoms with Gasteiger partial charge in [-0.1, -0.05) is 57.1 Å². The maximum Gasteiger partial charge on any atom is 0.409 e. The summed E-state index contributed by atoms with van der Waals surface area (Å²) in [5.41, 5.74) is 1.22. The van der Waals surface area contributed by atoms with Crippen molar-refractivity contribution < 1.29 is 19.1 Å². The quantitative estimate of drug-likeness (QED) is 0.274. The number of benzene rings is 1. The summed E-state index contributed by atoms with van der Waals surface area (Å²) in [7, 11) is 1.42. The fraction of sp³-hybridized carbons (Fsp3) is 0.643. The van der Waals surface area contributed by atoms with E-state index >= 15 is 0 Å². The van der Waals surface area contributed by atoms with E-state index in [1.54, 1.807) is 4.90 Å². The van der Waals surface area contributed by atoms with Crippen LogP contribution in [0.1, 0.15) is 88.7 Å². The van der Waals surface area contributed by atoms with E-state index in [1.807, 2.05) is 25.1 Å². The maximum atomic E-state index is 12.9. The van der Waals surface area contributed by atoms with E-state index in [0.717, 1.165) is 49.7 Å². The minimum absolute atomic E-state index is 0.000136. The molecule has 3 atom stereocenters. The zero-order chi connectivity index (χ0) is 23.7. The summed E-state index contributed by atoms with van der Waals surface area (Å²) in [6, 6.07) is 8.08. The lowest BCUT2D eigenvalue weighted by Crippen LogP contribution is -2.51. The van der Waals surface area contributed by atoms with Crippen molar-refractivity contribution >= 4 is 12.1 Å². The highest BCUT2D eigenvalue weighted by molar-refractivity contribution is 5.71. The van der Waals surface area contributed by atoms with E-state index in [2.05, 4.69) is 24.8 Å². The van der Waals surface area contributed by atoms with Crippen LogP contribution < -0.4 is 0 Å². The first-order chi connectivity index (χ1) is 16.0. The SMILES string of the molecule is CCCCCCCCC(=O)O[C@@]1(C#Cc2cccc(C)c2)CCC[C@@H]2[C@H]1CCN2C(=O)OC. The normalized spacial score (nSPS) is 23.9. The van der Waals surface area contributed by atoms with Gasteiger partial charge in [0.25, 0.3) is 0 Å². The number of likely N-dealkylation sites (tertiary alicyclic amines) is 1. The van der Waals surface area contributed by atoms with Gasteiger partial charge in [-0.05, 0) is 62.6 Å². The van der Waals surface area contributed by atoms with Gasteiger partial charge in [0.2, 0.25) is 0 Å². The predicted octanol–water partition coefficient (Wildman–Crippen LogP) is 6.02. The first kappa shape index (κ1) is 25.1. The Bertz CT molecular complexity index is 870. The number of nitrogens with zero attached hydrogens (tertiary/aromatic N) is 1. The van der Waals surface area contributed by atoms with Gasteiger partial charge in [-0.3, -0.25) is 4.79 Å². The Kier molecular flexibility index (Phi) is 9.23. The fourth-order valence-electron chi connectivity index (χ4n) is 5.37. The van der Waals surface area contributed by atoms with Crippen molar-refractivity contribution in [2.45, 2.75) is 96.1 Å². The molecule has 1 aliphatic heterocycles.